The maximum absolute atomic E-state index is 9.19. The molecule has 0 saturated carbocycles. The molecule has 3 N–H and O–H groups in total. The molecule has 3 nitrogen and oxygen atoms in total. The highest BCUT2D eigenvalue weighted by molar-refractivity contribution is 7.36. The molecule has 0 aromatic carbocycles. The van der Waals surface area contributed by atoms with Crippen molar-refractivity contribution in [2.24, 2.45) is 5.73 Å². The molecular formula is C2H10NO2P. The Bertz CT molecular complexity index is 34.5. The van der Waals surface area contributed by atoms with Crippen molar-refractivity contribution in [3.63, 3.8) is 0 Å². The first-order chi connectivity index (χ1) is 2.73. The Labute approximate surface area is 38.0 Å². The van der Waals surface area contributed by atoms with Crippen LogP contribution in [0.4, 0.5) is 0 Å². The predicted octanol–water partition coefficient (Wildman–Crippen LogP) is -0.342. The molecule has 0 aliphatic carbocycles. The second-order valence-electron chi connectivity index (χ2n) is 0.519. The molecule has 0 rings (SSSR count). The van der Waals surface area contributed by atoms with Gasteiger partial charge in [-0.15, -0.1) is 0 Å². The van der Waals surface area contributed by atoms with Crippen LogP contribution in [0.2, 0.25) is 0 Å². The van der Waals surface area contributed by atoms with Crippen LogP contribution in [-0.4, -0.2) is 18.6 Å². The van der Waals surface area contributed by atoms with Gasteiger partial charge in [0, 0.05) is 6.66 Å². The van der Waals surface area contributed by atoms with Gasteiger partial charge >= 0.3 is 0 Å². The molecule has 0 aliphatic rings. The summed E-state index contributed by atoms with van der Waals surface area (Å²) in [6, 6.07) is 0. The molecule has 0 fully saturated rings. The molecular weight excluding hydrogens is 101 g/mol. The van der Waals surface area contributed by atoms with Gasteiger partial charge in [-0.2, -0.15) is 0 Å². The molecule has 1 unspecified atom stereocenters. The van der Waals surface area contributed by atoms with Crippen LogP contribution in [0, 0.1) is 0 Å². The highest BCUT2D eigenvalue weighted by Gasteiger charge is 1.60. The first-order valence-corrected chi connectivity index (χ1v) is 3.36. The summed E-state index contributed by atoms with van der Waals surface area (Å²) >= 11 is 0. The topological polar surface area (TPSA) is 63.3 Å². The van der Waals surface area contributed by atoms with E-state index in [1.165, 1.54) is 13.7 Å². The fraction of sp³-hybridized carbons (Fsp3) is 1.00. The highest BCUT2D eigenvalue weighted by atomic mass is 31.1. The smallest absolute Gasteiger partial charge is 0.186 e. The largest absolute Gasteiger partial charge is 0.346 e. The zero-order valence-electron chi connectivity index (χ0n) is 3.93. The van der Waals surface area contributed by atoms with Gasteiger partial charge < -0.3 is 10.6 Å². The molecule has 0 bridgehead atoms. The van der Waals surface area contributed by atoms with Crippen molar-refractivity contribution in [3.8, 4) is 0 Å². The van der Waals surface area contributed by atoms with E-state index in [0.29, 0.717) is 0 Å². The van der Waals surface area contributed by atoms with E-state index in [2.05, 4.69) is 5.73 Å². The predicted molar refractivity (Wildman–Crippen MR) is 27.3 cm³/mol. The summed E-state index contributed by atoms with van der Waals surface area (Å²) in [5.41, 5.74) is 4.50. The van der Waals surface area contributed by atoms with Crippen LogP contribution in [0.25, 0.3) is 0 Å². The van der Waals surface area contributed by atoms with E-state index >= 15 is 0 Å². The summed E-state index contributed by atoms with van der Waals surface area (Å²) in [6.07, 6.45) is 0. The van der Waals surface area contributed by atoms with Crippen LogP contribution >= 0.6 is 8.03 Å². The molecule has 0 heterocycles. The van der Waals surface area contributed by atoms with Gasteiger partial charge in [-0.05, 0) is 7.05 Å². The lowest BCUT2D eigenvalue weighted by molar-refractivity contribution is 0.509. The highest BCUT2D eigenvalue weighted by Crippen LogP contribution is 1.99. The lowest BCUT2D eigenvalue weighted by Crippen LogP contribution is -1.69. The monoisotopic (exact) mass is 111 g/mol. The molecule has 0 saturated heterocycles. The van der Waals surface area contributed by atoms with E-state index in [1.54, 1.807) is 0 Å². The lowest BCUT2D eigenvalue weighted by atomic mass is 11.6. The average Bonchev–Trinajstić information content (AvgIpc) is 1.41. The van der Waals surface area contributed by atoms with Crippen molar-refractivity contribution < 1.29 is 9.46 Å². The fourth-order valence-electron chi connectivity index (χ4n) is 0. The lowest BCUT2D eigenvalue weighted by Gasteiger charge is -1.61. The van der Waals surface area contributed by atoms with E-state index in [0.717, 1.165) is 0 Å². The standard InChI is InChI=1S/CH5N.CH5O2P/c1-2;1-4(2)3/h2H2,1H3;4H,1H3,(H,2,3). The van der Waals surface area contributed by atoms with Crippen molar-refractivity contribution in [2.75, 3.05) is 13.7 Å². The van der Waals surface area contributed by atoms with Crippen LogP contribution in [0.15, 0.2) is 0 Å². The van der Waals surface area contributed by atoms with E-state index < -0.39 is 8.03 Å². The van der Waals surface area contributed by atoms with E-state index in [1.807, 2.05) is 0 Å². The van der Waals surface area contributed by atoms with E-state index in [4.69, 9.17) is 4.89 Å². The Kier molecular flexibility index (Phi) is 14.1. The molecule has 0 spiro atoms. The summed E-state index contributed by atoms with van der Waals surface area (Å²) in [5, 5.41) is 0. The van der Waals surface area contributed by atoms with Crippen molar-refractivity contribution >= 4 is 8.03 Å². The van der Waals surface area contributed by atoms with Crippen LogP contribution in [-0.2, 0) is 4.57 Å². The molecule has 0 aliphatic heterocycles. The number of nitrogens with two attached hydrogens (primary N) is 1. The van der Waals surface area contributed by atoms with Gasteiger partial charge in [0.05, 0.1) is 0 Å². The van der Waals surface area contributed by atoms with Crippen molar-refractivity contribution in [3.05, 3.63) is 0 Å². The van der Waals surface area contributed by atoms with Crippen LogP contribution in [0.1, 0.15) is 0 Å². The van der Waals surface area contributed by atoms with Crippen LogP contribution in [0.5, 0.6) is 0 Å². The SMILES string of the molecule is CN.C[PH](=O)O. The van der Waals surface area contributed by atoms with E-state index in [-0.39, 0.29) is 0 Å². The van der Waals surface area contributed by atoms with Gasteiger partial charge in [-0.25, -0.2) is 0 Å². The van der Waals surface area contributed by atoms with E-state index in [9.17, 15) is 4.57 Å². The normalized spacial score (nSPS) is 11.3. The van der Waals surface area contributed by atoms with Gasteiger partial charge in [-0.1, -0.05) is 0 Å². The van der Waals surface area contributed by atoms with Crippen LogP contribution < -0.4 is 5.73 Å². The molecule has 0 radical (unpaired) electrons. The first-order valence-electron chi connectivity index (χ1n) is 1.51. The van der Waals surface area contributed by atoms with Gasteiger partial charge in [0.15, 0.2) is 8.03 Å². The molecule has 0 aromatic rings. The summed E-state index contributed by atoms with van der Waals surface area (Å²) in [4.78, 5) is 7.60. The molecule has 0 aromatic heterocycles. The molecule has 1 atom stereocenters. The van der Waals surface area contributed by atoms with Crippen molar-refractivity contribution in [2.45, 2.75) is 0 Å². The third-order valence-electron chi connectivity index (χ3n) is 0. The van der Waals surface area contributed by atoms with Crippen LogP contribution in [0.3, 0.4) is 0 Å². The molecule has 0 amide bonds. The second kappa shape index (κ2) is 8.94. The average molecular weight is 111 g/mol. The zero-order chi connectivity index (χ0) is 5.58. The summed E-state index contributed by atoms with van der Waals surface area (Å²) in [6.45, 7) is 1.27. The van der Waals surface area contributed by atoms with Crippen molar-refractivity contribution in [1.82, 2.24) is 0 Å². The van der Waals surface area contributed by atoms with Crippen molar-refractivity contribution in [1.29, 1.82) is 0 Å². The minimum Gasteiger partial charge on any atom is -0.346 e. The third-order valence-corrected chi connectivity index (χ3v) is 0. The Hall–Kier alpha value is 0.150. The van der Waals surface area contributed by atoms with Gasteiger partial charge in [0.2, 0.25) is 0 Å². The zero-order valence-corrected chi connectivity index (χ0v) is 4.93. The maximum atomic E-state index is 9.19. The van der Waals surface area contributed by atoms with Gasteiger partial charge in [0.25, 0.3) is 0 Å². The summed E-state index contributed by atoms with van der Waals surface area (Å²) in [7, 11) is -0.630. The Morgan fingerprint density at radius 1 is 1.67 bits per heavy atom. The summed E-state index contributed by atoms with van der Waals surface area (Å²) in [5.74, 6) is 0. The Balaban J connectivity index is 0. The number of rotatable bonds is 0. The minimum absolute atomic E-state index is 1.27. The van der Waals surface area contributed by atoms with Gasteiger partial charge in [0.1, 0.15) is 0 Å². The molecule has 4 heteroatoms. The third kappa shape index (κ3) is 1830. The quantitative estimate of drug-likeness (QED) is 0.420. The minimum atomic E-state index is -2.13. The second-order valence-corrected chi connectivity index (χ2v) is 1.56. The number of hydrogen-bond acceptors (Lipinski definition) is 2. The Morgan fingerprint density at radius 2 is 1.67 bits per heavy atom. The maximum Gasteiger partial charge on any atom is 0.186 e. The fourth-order valence-corrected chi connectivity index (χ4v) is 0. The Morgan fingerprint density at radius 3 is 1.67 bits per heavy atom. The molecule has 6 heavy (non-hydrogen) atoms. The van der Waals surface area contributed by atoms with Gasteiger partial charge in [-0.3, -0.25) is 4.57 Å². The molecule has 40 valence electrons. The first kappa shape index (κ1) is 9.47. The number of hydrogen-bond donors (Lipinski definition) is 2. The summed E-state index contributed by atoms with van der Waals surface area (Å²) < 4.78 is 9.19.